The van der Waals surface area contributed by atoms with E-state index in [1.807, 2.05) is 6.07 Å². The van der Waals surface area contributed by atoms with Crippen LogP contribution in [0.15, 0.2) is 42.6 Å². The second kappa shape index (κ2) is 7.26. The summed E-state index contributed by atoms with van der Waals surface area (Å²) in [6, 6.07) is 10.5. The van der Waals surface area contributed by atoms with Gasteiger partial charge in [-0.3, -0.25) is 4.79 Å². The molecule has 4 nitrogen and oxygen atoms in total. The zero-order chi connectivity index (χ0) is 17.1. The number of benzene rings is 2. The van der Waals surface area contributed by atoms with E-state index in [2.05, 4.69) is 4.98 Å². The fourth-order valence-corrected chi connectivity index (χ4v) is 2.90. The van der Waals surface area contributed by atoms with Gasteiger partial charge in [0.2, 0.25) is 0 Å². The first-order valence-corrected chi connectivity index (χ1v) is 8.16. The average Bonchev–Trinajstić information content (AvgIpc) is 2.98. The van der Waals surface area contributed by atoms with Gasteiger partial charge >= 0.3 is 0 Å². The van der Waals surface area contributed by atoms with Crippen molar-refractivity contribution in [2.75, 3.05) is 13.2 Å². The second-order valence-electron chi connectivity index (χ2n) is 5.32. The van der Waals surface area contributed by atoms with E-state index in [-0.39, 0.29) is 25.4 Å². The van der Waals surface area contributed by atoms with Crippen LogP contribution < -0.4 is 4.74 Å². The summed E-state index contributed by atoms with van der Waals surface area (Å²) in [5.41, 5.74) is 2.14. The van der Waals surface area contributed by atoms with Crippen LogP contribution in [0.25, 0.3) is 10.9 Å². The molecule has 3 rings (SSSR count). The molecule has 24 heavy (non-hydrogen) atoms. The van der Waals surface area contributed by atoms with Gasteiger partial charge in [0.05, 0.1) is 6.61 Å². The molecule has 0 atom stereocenters. The van der Waals surface area contributed by atoms with Crippen molar-refractivity contribution in [3.8, 4) is 5.75 Å². The Kier molecular flexibility index (Phi) is 5.09. The van der Waals surface area contributed by atoms with E-state index < -0.39 is 0 Å². The monoisotopic (exact) mass is 363 g/mol. The number of aliphatic hydroxyl groups excluding tert-OH is 1. The lowest BCUT2D eigenvalue weighted by Gasteiger charge is -2.10. The maximum Gasteiger partial charge on any atom is 0.169 e. The van der Waals surface area contributed by atoms with E-state index >= 15 is 0 Å². The van der Waals surface area contributed by atoms with Crippen LogP contribution in [-0.2, 0) is 6.42 Å². The van der Waals surface area contributed by atoms with E-state index in [1.165, 1.54) is 0 Å². The number of ether oxygens (including phenoxy) is 1. The first-order chi connectivity index (χ1) is 11.6. The molecule has 0 aliphatic rings. The van der Waals surface area contributed by atoms with Crippen LogP contribution in [0.2, 0.25) is 10.0 Å². The van der Waals surface area contributed by atoms with Crippen LogP contribution in [0.5, 0.6) is 5.75 Å². The number of aliphatic hydroxyl groups is 1. The van der Waals surface area contributed by atoms with Crippen molar-refractivity contribution in [1.82, 2.24) is 4.98 Å². The normalized spacial score (nSPS) is 11.0. The molecule has 0 unspecified atom stereocenters. The zero-order valence-corrected chi connectivity index (χ0v) is 14.2. The Labute approximate surface area is 149 Å². The van der Waals surface area contributed by atoms with Gasteiger partial charge in [0.15, 0.2) is 5.78 Å². The Bertz CT molecular complexity index is 889. The topological polar surface area (TPSA) is 62.3 Å². The van der Waals surface area contributed by atoms with E-state index in [4.69, 9.17) is 33.0 Å². The fourth-order valence-electron chi connectivity index (χ4n) is 2.56. The van der Waals surface area contributed by atoms with Gasteiger partial charge in [0.25, 0.3) is 0 Å². The van der Waals surface area contributed by atoms with Gasteiger partial charge in [-0.05, 0) is 24.3 Å². The summed E-state index contributed by atoms with van der Waals surface area (Å²) in [7, 11) is 0. The number of hydrogen-bond donors (Lipinski definition) is 2. The van der Waals surface area contributed by atoms with E-state index in [0.717, 1.165) is 16.5 Å². The molecule has 0 fully saturated rings. The molecule has 2 N–H and O–H groups in total. The lowest BCUT2D eigenvalue weighted by molar-refractivity contribution is 0.0993. The Hall–Kier alpha value is -2.01. The number of fused-ring (bicyclic) bond motifs is 1. The minimum absolute atomic E-state index is 0.0419. The number of aromatic amines is 1. The highest BCUT2D eigenvalue weighted by molar-refractivity contribution is 6.31. The smallest absolute Gasteiger partial charge is 0.169 e. The molecule has 2 aromatic carbocycles. The van der Waals surface area contributed by atoms with Crippen LogP contribution in [0.1, 0.15) is 15.9 Å². The summed E-state index contributed by atoms with van der Waals surface area (Å²) in [4.78, 5) is 15.8. The van der Waals surface area contributed by atoms with Crippen LogP contribution in [0.4, 0.5) is 0 Å². The van der Waals surface area contributed by atoms with Crippen LogP contribution in [0.3, 0.4) is 0 Å². The molecule has 6 heteroatoms. The molecule has 0 radical (unpaired) electrons. The number of aromatic nitrogens is 1. The maximum absolute atomic E-state index is 12.7. The van der Waals surface area contributed by atoms with Crippen molar-refractivity contribution in [2.24, 2.45) is 0 Å². The van der Waals surface area contributed by atoms with Crippen molar-refractivity contribution in [2.45, 2.75) is 6.42 Å². The molecule has 0 aliphatic heterocycles. The molecule has 1 aromatic heterocycles. The van der Waals surface area contributed by atoms with Crippen molar-refractivity contribution in [3.05, 3.63) is 63.8 Å². The third-order valence-corrected chi connectivity index (χ3v) is 4.14. The van der Waals surface area contributed by atoms with Gasteiger partial charge in [-0.2, -0.15) is 0 Å². The van der Waals surface area contributed by atoms with Crippen molar-refractivity contribution >= 4 is 39.9 Å². The largest absolute Gasteiger partial charge is 0.491 e. The SMILES string of the molecule is O=C(Cc1ccc(Cl)cc1OCCO)c1c[nH]c2cc(Cl)ccc12. The number of rotatable bonds is 6. The van der Waals surface area contributed by atoms with E-state index in [1.54, 1.807) is 36.5 Å². The molecule has 0 saturated heterocycles. The van der Waals surface area contributed by atoms with Gasteiger partial charge < -0.3 is 14.8 Å². The van der Waals surface area contributed by atoms with Crippen molar-refractivity contribution < 1.29 is 14.6 Å². The Morgan fingerprint density at radius 1 is 1.12 bits per heavy atom. The summed E-state index contributed by atoms with van der Waals surface area (Å²) < 4.78 is 5.48. The highest BCUT2D eigenvalue weighted by Gasteiger charge is 2.15. The summed E-state index contributed by atoms with van der Waals surface area (Å²) in [5, 5.41) is 10.9. The van der Waals surface area contributed by atoms with Crippen molar-refractivity contribution in [1.29, 1.82) is 0 Å². The quantitative estimate of drug-likeness (QED) is 0.642. The molecular formula is C18H15Cl2NO3. The molecule has 0 spiro atoms. The Morgan fingerprint density at radius 2 is 1.88 bits per heavy atom. The second-order valence-corrected chi connectivity index (χ2v) is 6.19. The summed E-state index contributed by atoms with van der Waals surface area (Å²) >= 11 is 11.9. The zero-order valence-electron chi connectivity index (χ0n) is 12.7. The summed E-state index contributed by atoms with van der Waals surface area (Å²) in [6.07, 6.45) is 1.86. The molecule has 0 amide bonds. The molecule has 0 bridgehead atoms. The van der Waals surface area contributed by atoms with Gasteiger partial charge in [-0.1, -0.05) is 35.3 Å². The number of hydrogen-bond acceptors (Lipinski definition) is 3. The highest BCUT2D eigenvalue weighted by atomic mass is 35.5. The minimum Gasteiger partial charge on any atom is -0.491 e. The van der Waals surface area contributed by atoms with Gasteiger partial charge in [-0.15, -0.1) is 0 Å². The predicted octanol–water partition coefficient (Wildman–Crippen LogP) is 4.27. The molecule has 124 valence electrons. The Morgan fingerprint density at radius 3 is 2.67 bits per heavy atom. The number of carbonyl (C=O) groups excluding carboxylic acids is 1. The van der Waals surface area contributed by atoms with Crippen LogP contribution in [0, 0.1) is 0 Å². The van der Waals surface area contributed by atoms with Crippen molar-refractivity contribution in [3.63, 3.8) is 0 Å². The fraction of sp³-hybridized carbons (Fsp3) is 0.167. The molecule has 0 saturated carbocycles. The first-order valence-electron chi connectivity index (χ1n) is 7.40. The standard InChI is InChI=1S/C18H15Cl2NO3/c19-12-3-4-14-15(10-21-16(14)8-12)17(23)7-11-1-2-13(20)9-18(11)24-6-5-22/h1-4,8-10,21-22H,5-7H2. The molecular weight excluding hydrogens is 349 g/mol. The maximum atomic E-state index is 12.7. The number of Topliss-reactive ketones (excluding diaryl/α,β-unsaturated/α-hetero) is 1. The lowest BCUT2D eigenvalue weighted by atomic mass is 10.0. The van der Waals surface area contributed by atoms with Crippen LogP contribution in [-0.4, -0.2) is 29.1 Å². The minimum atomic E-state index is -0.108. The number of ketones is 1. The summed E-state index contributed by atoms with van der Waals surface area (Å²) in [6.45, 7) is 0.0379. The van der Waals surface area contributed by atoms with Gasteiger partial charge in [0.1, 0.15) is 12.4 Å². The summed E-state index contributed by atoms with van der Waals surface area (Å²) in [5.74, 6) is 0.465. The van der Waals surface area contributed by atoms with Gasteiger partial charge in [0, 0.05) is 44.7 Å². The Balaban J connectivity index is 1.88. The number of carbonyl (C=O) groups is 1. The molecule has 1 heterocycles. The van der Waals surface area contributed by atoms with Gasteiger partial charge in [-0.25, -0.2) is 0 Å². The average molecular weight is 364 g/mol. The highest BCUT2D eigenvalue weighted by Crippen LogP contribution is 2.27. The van der Waals surface area contributed by atoms with E-state index in [0.29, 0.717) is 21.4 Å². The number of H-pyrrole nitrogens is 1. The van der Waals surface area contributed by atoms with E-state index in [9.17, 15) is 4.79 Å². The number of nitrogens with one attached hydrogen (secondary N) is 1. The molecule has 3 aromatic rings. The third kappa shape index (κ3) is 3.56. The molecule has 0 aliphatic carbocycles. The predicted molar refractivity (Wildman–Crippen MR) is 95.4 cm³/mol. The first kappa shape index (κ1) is 16.8. The third-order valence-electron chi connectivity index (χ3n) is 3.67. The number of halogens is 2. The van der Waals surface area contributed by atoms with Crippen LogP contribution >= 0.6 is 23.2 Å². The lowest BCUT2D eigenvalue weighted by Crippen LogP contribution is -2.08.